The molecule has 0 fully saturated rings. The average Bonchev–Trinajstić information content (AvgIpc) is 2.46. The maximum Gasteiger partial charge on any atom is 0.338 e. The monoisotopic (exact) mass is 272 g/mol. The lowest BCUT2D eigenvalue weighted by Gasteiger charge is -2.14. The van der Waals surface area contributed by atoms with Crippen LogP contribution in [0.25, 0.3) is 11.1 Å². The summed E-state index contributed by atoms with van der Waals surface area (Å²) in [6, 6.07) is 3.66. The number of aryl methyl sites for hydroxylation is 2. The summed E-state index contributed by atoms with van der Waals surface area (Å²) < 4.78 is 5.35. The minimum atomic E-state index is -1.03. The first-order valence-electron chi connectivity index (χ1n) is 6.30. The highest BCUT2D eigenvalue weighted by Crippen LogP contribution is 2.35. The number of hydrogen-bond acceptors (Lipinski definition) is 4. The fraction of sp³-hybridized carbons (Fsp3) is 0.267. The molecule has 0 aliphatic heterocycles. The molecule has 104 valence electrons. The van der Waals surface area contributed by atoms with Crippen molar-refractivity contribution < 1.29 is 14.6 Å². The van der Waals surface area contributed by atoms with Gasteiger partial charge in [-0.05, 0) is 31.0 Å². The summed E-state index contributed by atoms with van der Waals surface area (Å²) >= 11 is 0. The van der Waals surface area contributed by atoms with E-state index in [0.717, 1.165) is 17.7 Å². The van der Waals surface area contributed by atoms with Gasteiger partial charge >= 0.3 is 5.97 Å². The zero-order chi connectivity index (χ0) is 14.7. The van der Waals surface area contributed by atoms with Crippen molar-refractivity contribution in [2.45, 2.75) is 20.3 Å². The third-order valence-electron chi connectivity index (χ3n) is 3.11. The molecule has 0 unspecified atom stereocenters. The molecule has 1 N–H and O–H groups in total. The Kier molecular flexibility index (Phi) is 3.98. The fourth-order valence-electron chi connectivity index (χ4n) is 2.11. The zero-order valence-electron chi connectivity index (χ0n) is 11.7. The number of rotatable bonds is 4. The van der Waals surface area contributed by atoms with Gasteiger partial charge < -0.3 is 9.84 Å². The number of carboxylic acid groups (broad SMARTS) is 1. The molecule has 0 radical (unpaired) electrons. The van der Waals surface area contributed by atoms with E-state index >= 15 is 0 Å². The molecule has 5 heteroatoms. The number of nitrogens with zero attached hydrogens (tertiary/aromatic N) is 2. The molecular formula is C15H16N2O3. The van der Waals surface area contributed by atoms with Gasteiger partial charge in [0.05, 0.1) is 18.4 Å². The van der Waals surface area contributed by atoms with E-state index in [4.69, 9.17) is 4.74 Å². The van der Waals surface area contributed by atoms with E-state index in [2.05, 4.69) is 9.97 Å². The van der Waals surface area contributed by atoms with Crippen molar-refractivity contribution in [3.63, 3.8) is 0 Å². The number of carbonyl (C=O) groups is 1. The normalized spacial score (nSPS) is 10.3. The van der Waals surface area contributed by atoms with Crippen LogP contribution in [0.15, 0.2) is 24.5 Å². The molecule has 0 spiro atoms. The number of carboxylic acids is 1. The fourth-order valence-corrected chi connectivity index (χ4v) is 2.11. The minimum Gasteiger partial charge on any atom is -0.494 e. The Bertz CT molecular complexity index is 654. The molecule has 0 bridgehead atoms. The van der Waals surface area contributed by atoms with Crippen molar-refractivity contribution in [3.8, 4) is 16.9 Å². The maximum absolute atomic E-state index is 11.4. The second-order valence-corrected chi connectivity index (χ2v) is 4.36. The van der Waals surface area contributed by atoms with Crippen LogP contribution in [0.1, 0.15) is 28.7 Å². The van der Waals surface area contributed by atoms with E-state index in [9.17, 15) is 9.90 Å². The van der Waals surface area contributed by atoms with Crippen LogP contribution in [0.2, 0.25) is 0 Å². The van der Waals surface area contributed by atoms with Crippen molar-refractivity contribution >= 4 is 5.97 Å². The molecule has 0 saturated carbocycles. The van der Waals surface area contributed by atoms with Crippen LogP contribution in [-0.2, 0) is 6.42 Å². The lowest BCUT2D eigenvalue weighted by molar-refractivity contribution is 0.0697. The number of pyridine rings is 2. The van der Waals surface area contributed by atoms with E-state index < -0.39 is 5.97 Å². The first kappa shape index (κ1) is 14.0. The van der Waals surface area contributed by atoms with E-state index in [1.165, 1.54) is 13.3 Å². The van der Waals surface area contributed by atoms with Crippen molar-refractivity contribution in [1.29, 1.82) is 0 Å². The van der Waals surface area contributed by atoms with Crippen LogP contribution >= 0.6 is 0 Å². The molecule has 2 aromatic heterocycles. The molecule has 20 heavy (non-hydrogen) atoms. The number of aromatic nitrogens is 2. The summed E-state index contributed by atoms with van der Waals surface area (Å²) in [4.78, 5) is 19.7. The lowest BCUT2D eigenvalue weighted by atomic mass is 9.99. The topological polar surface area (TPSA) is 72.3 Å². The average molecular weight is 272 g/mol. The molecule has 0 aromatic carbocycles. The third kappa shape index (κ3) is 2.47. The zero-order valence-corrected chi connectivity index (χ0v) is 11.7. The summed E-state index contributed by atoms with van der Waals surface area (Å²) in [7, 11) is 1.51. The SMILES string of the molecule is CCc1cc(-c2c(C(=O)O)cnc(C)c2OC)ccn1. The molecule has 2 heterocycles. The number of aromatic carboxylic acids is 1. The van der Waals surface area contributed by atoms with Crippen LogP contribution < -0.4 is 4.74 Å². The molecule has 0 aliphatic rings. The van der Waals surface area contributed by atoms with E-state index in [-0.39, 0.29) is 5.56 Å². The Balaban J connectivity index is 2.75. The van der Waals surface area contributed by atoms with Gasteiger partial charge in [0.2, 0.25) is 0 Å². The molecule has 0 aliphatic carbocycles. The van der Waals surface area contributed by atoms with Gasteiger partial charge in [0, 0.05) is 23.7 Å². The highest BCUT2D eigenvalue weighted by molar-refractivity contribution is 5.97. The predicted octanol–water partition coefficient (Wildman–Crippen LogP) is 2.72. The van der Waals surface area contributed by atoms with Crippen molar-refractivity contribution in [2.75, 3.05) is 7.11 Å². The van der Waals surface area contributed by atoms with Crippen molar-refractivity contribution in [2.24, 2.45) is 0 Å². The quantitative estimate of drug-likeness (QED) is 0.926. The van der Waals surface area contributed by atoms with Gasteiger partial charge in [0.15, 0.2) is 0 Å². The maximum atomic E-state index is 11.4. The van der Waals surface area contributed by atoms with Crippen LogP contribution in [0, 0.1) is 6.92 Å². The number of ether oxygens (including phenoxy) is 1. The highest BCUT2D eigenvalue weighted by atomic mass is 16.5. The second kappa shape index (κ2) is 5.69. The summed E-state index contributed by atoms with van der Waals surface area (Å²) in [6.07, 6.45) is 3.82. The van der Waals surface area contributed by atoms with E-state index in [1.807, 2.05) is 13.0 Å². The first-order chi connectivity index (χ1) is 9.58. The molecule has 0 amide bonds. The van der Waals surface area contributed by atoms with Crippen molar-refractivity contribution in [1.82, 2.24) is 9.97 Å². The Labute approximate surface area is 117 Å². The van der Waals surface area contributed by atoms with E-state index in [0.29, 0.717) is 17.0 Å². The minimum absolute atomic E-state index is 0.126. The Hall–Kier alpha value is -2.43. The predicted molar refractivity (Wildman–Crippen MR) is 75.1 cm³/mol. The van der Waals surface area contributed by atoms with Gasteiger partial charge in [-0.25, -0.2) is 4.79 Å². The second-order valence-electron chi connectivity index (χ2n) is 4.36. The van der Waals surface area contributed by atoms with E-state index in [1.54, 1.807) is 19.2 Å². The van der Waals surface area contributed by atoms with Crippen LogP contribution in [-0.4, -0.2) is 28.2 Å². The Morgan fingerprint density at radius 2 is 2.15 bits per heavy atom. The van der Waals surface area contributed by atoms with Gasteiger partial charge in [-0.2, -0.15) is 0 Å². The third-order valence-corrected chi connectivity index (χ3v) is 3.11. The molecule has 2 rings (SSSR count). The number of methoxy groups -OCH3 is 1. The Morgan fingerprint density at radius 3 is 2.75 bits per heavy atom. The van der Waals surface area contributed by atoms with Gasteiger partial charge in [0.1, 0.15) is 5.75 Å². The summed E-state index contributed by atoms with van der Waals surface area (Å²) in [5, 5.41) is 9.35. The largest absolute Gasteiger partial charge is 0.494 e. The first-order valence-corrected chi connectivity index (χ1v) is 6.30. The molecule has 0 atom stereocenters. The molecule has 5 nitrogen and oxygen atoms in total. The Morgan fingerprint density at radius 1 is 1.40 bits per heavy atom. The van der Waals surface area contributed by atoms with Crippen LogP contribution in [0.4, 0.5) is 0 Å². The standard InChI is InChI=1S/C15H16N2O3/c1-4-11-7-10(5-6-16-11)13-12(15(18)19)8-17-9(2)14(13)20-3/h5-8H,4H2,1-3H3,(H,18,19). The molecule has 0 saturated heterocycles. The van der Waals surface area contributed by atoms with Gasteiger partial charge in [-0.15, -0.1) is 0 Å². The summed E-state index contributed by atoms with van der Waals surface area (Å²) in [6.45, 7) is 3.79. The molecular weight excluding hydrogens is 256 g/mol. The lowest BCUT2D eigenvalue weighted by Crippen LogP contribution is -2.05. The number of hydrogen-bond donors (Lipinski definition) is 1. The van der Waals surface area contributed by atoms with Crippen molar-refractivity contribution in [3.05, 3.63) is 41.5 Å². The smallest absolute Gasteiger partial charge is 0.338 e. The van der Waals surface area contributed by atoms with Crippen LogP contribution in [0.5, 0.6) is 5.75 Å². The summed E-state index contributed by atoms with van der Waals surface area (Å²) in [5.41, 5.74) is 3.00. The molecule has 2 aromatic rings. The van der Waals surface area contributed by atoms with Gasteiger partial charge in [-0.1, -0.05) is 6.92 Å². The van der Waals surface area contributed by atoms with Gasteiger partial charge in [0.25, 0.3) is 0 Å². The highest BCUT2D eigenvalue weighted by Gasteiger charge is 2.19. The van der Waals surface area contributed by atoms with Gasteiger partial charge in [-0.3, -0.25) is 9.97 Å². The summed E-state index contributed by atoms with van der Waals surface area (Å²) in [5.74, 6) is -0.543. The van der Waals surface area contributed by atoms with Crippen LogP contribution in [0.3, 0.4) is 0 Å².